The van der Waals surface area contributed by atoms with Crippen LogP contribution < -0.4 is 10.6 Å². The van der Waals surface area contributed by atoms with E-state index in [1.807, 2.05) is 45.0 Å². The Kier molecular flexibility index (Phi) is 16.5. The van der Waals surface area contributed by atoms with Gasteiger partial charge in [0.2, 0.25) is 23.6 Å². The minimum absolute atomic E-state index is 0.000737. The van der Waals surface area contributed by atoms with E-state index in [0.29, 0.717) is 19.4 Å². The van der Waals surface area contributed by atoms with Crippen LogP contribution in [0.3, 0.4) is 0 Å². The SMILES string of the molecule is CC[C@H](C)[C@@H]([C@@H](CC(=O)N1CCC[C@H]1[C@H](OC)[C@@H](C)C(=O)N[C@@H](Cc1ccc(C)cc1)c1nccs1)OC)N(C)C(=O)[C@@H](NC(=O)[C@]1(C)CCCN1C)C(C)C. The van der Waals surface area contributed by atoms with Crippen LogP contribution in [0.25, 0.3) is 0 Å². The summed E-state index contributed by atoms with van der Waals surface area (Å²) in [7, 11) is 6.91. The molecule has 4 amide bonds. The first kappa shape index (κ1) is 45.3. The van der Waals surface area contributed by atoms with Crippen LogP contribution in [0.4, 0.5) is 0 Å². The van der Waals surface area contributed by atoms with Crippen molar-refractivity contribution < 1.29 is 28.7 Å². The Labute approximate surface area is 339 Å². The molecule has 2 fully saturated rings. The van der Waals surface area contributed by atoms with Crippen molar-refractivity contribution in [3.05, 3.63) is 52.0 Å². The quantitative estimate of drug-likeness (QED) is 0.193. The minimum atomic E-state index is -0.733. The molecule has 4 rings (SSSR count). The van der Waals surface area contributed by atoms with E-state index in [-0.39, 0.29) is 54.0 Å². The number of methoxy groups -OCH3 is 2. The summed E-state index contributed by atoms with van der Waals surface area (Å²) >= 11 is 1.51. The number of carbonyl (C=O) groups is 4. The Morgan fingerprint density at radius 2 is 1.73 bits per heavy atom. The minimum Gasteiger partial charge on any atom is -0.379 e. The summed E-state index contributed by atoms with van der Waals surface area (Å²) < 4.78 is 12.1. The maximum Gasteiger partial charge on any atom is 0.245 e. The zero-order chi connectivity index (χ0) is 41.3. The first-order valence-corrected chi connectivity index (χ1v) is 21.3. The van der Waals surface area contributed by atoms with Crippen molar-refractivity contribution in [3.8, 4) is 0 Å². The molecule has 2 N–H and O–H groups in total. The summed E-state index contributed by atoms with van der Waals surface area (Å²) in [5.41, 5.74) is 1.61. The van der Waals surface area contributed by atoms with Crippen LogP contribution in [0.1, 0.15) is 102 Å². The molecule has 2 aromatic rings. The lowest BCUT2D eigenvalue weighted by atomic mass is 9.89. The molecule has 2 aliphatic heterocycles. The number of ether oxygens (including phenoxy) is 2. The normalized spacial score (nSPS) is 22.6. The summed E-state index contributed by atoms with van der Waals surface area (Å²) in [5, 5.41) is 9.10. The van der Waals surface area contributed by atoms with Gasteiger partial charge in [-0.1, -0.05) is 70.9 Å². The number of nitrogens with zero attached hydrogens (tertiary/aromatic N) is 4. The molecule has 0 aliphatic carbocycles. The maximum absolute atomic E-state index is 14.3. The van der Waals surface area contributed by atoms with Crippen LogP contribution in [0.2, 0.25) is 0 Å². The van der Waals surface area contributed by atoms with Crippen LogP contribution in [0, 0.1) is 24.7 Å². The summed E-state index contributed by atoms with van der Waals surface area (Å²) in [6, 6.07) is 6.52. The summed E-state index contributed by atoms with van der Waals surface area (Å²) in [5.74, 6) is -1.31. The van der Waals surface area contributed by atoms with Gasteiger partial charge in [0.05, 0.1) is 48.2 Å². The predicted octanol–water partition coefficient (Wildman–Crippen LogP) is 5.40. The third-order valence-corrected chi connectivity index (χ3v) is 13.5. The molecule has 56 heavy (non-hydrogen) atoms. The standard InChI is InChI=1S/C43H68N6O6S/c1-12-29(5)37(48(9)41(52)36(27(2)3)46-42(53)43(7)20-14-22-47(43)8)34(54-10)26-35(50)49-23-13-15-33(49)38(55-11)30(6)39(51)45-32(40-44-21-24-56-40)25-31-18-16-28(4)17-19-31/h16-19,21,24,27,29-30,32-34,36-38H,12-15,20,22-23,25-26H2,1-11H3,(H,45,51)(H,46,53)/t29-,30+,32-,33-,34+,36-,37-,38+,43-/m0/s1. The second-order valence-electron chi connectivity index (χ2n) is 16.7. The van der Waals surface area contributed by atoms with Gasteiger partial charge in [0, 0.05) is 39.4 Å². The summed E-state index contributed by atoms with van der Waals surface area (Å²) in [6.07, 6.45) is 5.19. The van der Waals surface area contributed by atoms with Crippen molar-refractivity contribution in [1.29, 1.82) is 0 Å². The number of likely N-dealkylation sites (N-methyl/N-ethyl adjacent to an activating group) is 2. The third kappa shape index (κ3) is 10.6. The third-order valence-electron chi connectivity index (χ3n) is 12.6. The van der Waals surface area contributed by atoms with Crippen LogP contribution >= 0.6 is 11.3 Å². The molecular formula is C43H68N6O6S. The fraction of sp³-hybridized carbons (Fsp3) is 0.698. The Hall–Kier alpha value is -3.39. The molecule has 2 saturated heterocycles. The summed E-state index contributed by atoms with van der Waals surface area (Å²) in [4.78, 5) is 66.4. The molecule has 0 unspecified atom stereocenters. The predicted molar refractivity (Wildman–Crippen MR) is 221 cm³/mol. The molecule has 12 nitrogen and oxygen atoms in total. The van der Waals surface area contributed by atoms with Gasteiger partial charge in [-0.05, 0) is 76.9 Å². The fourth-order valence-corrected chi connectivity index (χ4v) is 9.28. The highest BCUT2D eigenvalue weighted by atomic mass is 32.1. The van der Waals surface area contributed by atoms with Gasteiger partial charge in [-0.25, -0.2) is 4.98 Å². The number of aryl methyl sites for hydroxylation is 1. The highest BCUT2D eigenvalue weighted by Gasteiger charge is 2.45. The summed E-state index contributed by atoms with van der Waals surface area (Å²) in [6.45, 7) is 15.2. The number of likely N-dealkylation sites (tertiary alicyclic amines) is 2. The van der Waals surface area contributed by atoms with Crippen molar-refractivity contribution in [2.75, 3.05) is 41.4 Å². The van der Waals surface area contributed by atoms with E-state index in [0.717, 1.165) is 42.8 Å². The van der Waals surface area contributed by atoms with E-state index in [9.17, 15) is 19.2 Å². The molecule has 2 aliphatic rings. The second kappa shape index (κ2) is 20.3. The zero-order valence-electron chi connectivity index (χ0n) is 35.7. The average molecular weight is 797 g/mol. The highest BCUT2D eigenvalue weighted by molar-refractivity contribution is 7.09. The average Bonchev–Trinajstić information content (AvgIpc) is 3.96. The first-order chi connectivity index (χ1) is 26.6. The molecular weight excluding hydrogens is 729 g/mol. The number of hydrogen-bond donors (Lipinski definition) is 2. The monoisotopic (exact) mass is 796 g/mol. The lowest BCUT2D eigenvalue weighted by Crippen LogP contribution is -2.61. The molecule has 0 radical (unpaired) electrons. The van der Waals surface area contributed by atoms with E-state index in [1.54, 1.807) is 32.4 Å². The number of hydrogen-bond acceptors (Lipinski definition) is 9. The Morgan fingerprint density at radius 3 is 2.29 bits per heavy atom. The molecule has 3 heterocycles. The van der Waals surface area contributed by atoms with E-state index < -0.39 is 35.7 Å². The highest BCUT2D eigenvalue weighted by Crippen LogP contribution is 2.31. The fourth-order valence-electron chi connectivity index (χ4n) is 8.59. The lowest BCUT2D eigenvalue weighted by molar-refractivity contribution is -0.148. The number of aromatic nitrogens is 1. The van der Waals surface area contributed by atoms with Gasteiger partial charge < -0.3 is 29.9 Å². The maximum atomic E-state index is 14.3. The molecule has 0 bridgehead atoms. The van der Waals surface area contributed by atoms with Crippen molar-refractivity contribution in [2.45, 2.75) is 135 Å². The molecule has 13 heteroatoms. The van der Waals surface area contributed by atoms with Crippen molar-refractivity contribution in [3.63, 3.8) is 0 Å². The van der Waals surface area contributed by atoms with E-state index >= 15 is 0 Å². The number of nitrogens with one attached hydrogen (secondary N) is 2. The van der Waals surface area contributed by atoms with E-state index in [2.05, 4.69) is 65.6 Å². The van der Waals surface area contributed by atoms with Gasteiger partial charge >= 0.3 is 0 Å². The largest absolute Gasteiger partial charge is 0.379 e. The zero-order valence-corrected chi connectivity index (χ0v) is 36.5. The van der Waals surface area contributed by atoms with Gasteiger partial charge in [0.25, 0.3) is 0 Å². The Morgan fingerprint density at radius 1 is 1.04 bits per heavy atom. The van der Waals surface area contributed by atoms with Gasteiger partial charge in [0.1, 0.15) is 11.0 Å². The molecule has 0 spiro atoms. The van der Waals surface area contributed by atoms with Crippen LogP contribution in [0.5, 0.6) is 0 Å². The first-order valence-electron chi connectivity index (χ1n) is 20.5. The second-order valence-corrected chi connectivity index (χ2v) is 17.6. The Bertz CT molecular complexity index is 1590. The smallest absolute Gasteiger partial charge is 0.245 e. The van der Waals surface area contributed by atoms with Gasteiger partial charge in [-0.2, -0.15) is 0 Å². The number of thiazole rings is 1. The van der Waals surface area contributed by atoms with Gasteiger partial charge in [-0.15, -0.1) is 11.3 Å². The van der Waals surface area contributed by atoms with E-state index in [4.69, 9.17) is 9.47 Å². The molecule has 1 aromatic heterocycles. The van der Waals surface area contributed by atoms with Crippen molar-refractivity contribution in [2.24, 2.45) is 17.8 Å². The number of amides is 4. The molecule has 9 atom stereocenters. The number of benzene rings is 1. The van der Waals surface area contributed by atoms with Crippen LogP contribution in [0.15, 0.2) is 35.8 Å². The lowest BCUT2D eigenvalue weighted by Gasteiger charge is -2.41. The van der Waals surface area contributed by atoms with Crippen molar-refractivity contribution >= 4 is 35.0 Å². The van der Waals surface area contributed by atoms with Crippen LogP contribution in [-0.4, -0.2) is 121 Å². The molecule has 1 aromatic carbocycles. The number of carbonyl (C=O) groups excluding carboxylic acids is 4. The molecule has 0 saturated carbocycles. The Balaban J connectivity index is 1.48. The number of rotatable bonds is 19. The van der Waals surface area contributed by atoms with E-state index in [1.165, 1.54) is 16.9 Å². The van der Waals surface area contributed by atoms with Gasteiger partial charge in [-0.3, -0.25) is 24.1 Å². The molecule has 312 valence electrons. The van der Waals surface area contributed by atoms with Crippen molar-refractivity contribution in [1.82, 2.24) is 30.3 Å². The van der Waals surface area contributed by atoms with Gasteiger partial charge in [0.15, 0.2) is 0 Å². The van der Waals surface area contributed by atoms with Crippen LogP contribution in [-0.2, 0) is 35.1 Å². The topological polar surface area (TPSA) is 133 Å².